The molecule has 6 atom stereocenters. The molecule has 1 aliphatic heterocycles. The van der Waals surface area contributed by atoms with E-state index in [2.05, 4.69) is 26.0 Å². The molecule has 1 heterocycles. The molecular weight excluding hydrogens is 873 g/mol. The van der Waals surface area contributed by atoms with Crippen LogP contribution in [0.5, 0.6) is 0 Å². The Bertz CT molecular complexity index is 1200. The molecule has 11 heteroatoms. The molecule has 0 aromatic carbocycles. The Morgan fingerprint density at radius 3 is 1.13 bits per heavy atom. The molecule has 0 bridgehead atoms. The van der Waals surface area contributed by atoms with Gasteiger partial charge in [-0.05, 0) is 38.5 Å². The largest absolute Gasteiger partial charge is 0.479 e. The minimum absolute atomic E-state index is 0.190. The molecule has 0 saturated carbocycles. The molecule has 1 aliphatic rings. The van der Waals surface area contributed by atoms with Crippen LogP contribution in [-0.2, 0) is 33.3 Å². The fraction of sp³-hybridized carbons (Fsp3) is 0.914. The van der Waals surface area contributed by atoms with E-state index in [0.717, 1.165) is 38.5 Å². The van der Waals surface area contributed by atoms with Gasteiger partial charge in [0.2, 0.25) is 0 Å². The maximum Gasteiger partial charge on any atom is 0.335 e. The maximum absolute atomic E-state index is 12.9. The number of aliphatic hydroxyl groups excluding tert-OH is 3. The van der Waals surface area contributed by atoms with Crippen LogP contribution in [0.25, 0.3) is 0 Å². The van der Waals surface area contributed by atoms with Gasteiger partial charge in [-0.25, -0.2) is 4.79 Å². The normalized spacial score (nSPS) is 18.8. The number of hydrogen-bond acceptors (Lipinski definition) is 10. The van der Waals surface area contributed by atoms with Crippen molar-refractivity contribution in [3.8, 4) is 0 Å². The molecule has 0 aromatic heterocycles. The lowest BCUT2D eigenvalue weighted by Crippen LogP contribution is -2.60. The van der Waals surface area contributed by atoms with Crippen LogP contribution in [0.15, 0.2) is 12.2 Å². The standard InChI is InChI=1S/C58H108O11/c1-3-5-7-9-11-13-15-17-19-21-23-25-26-27-29-30-32-34-36-38-40-42-44-46-51(59)66-48-50(49-67-58-55(63)53(61)54(62)56(69-58)57(64)65)68-52(60)47-45-43-41-39-37-35-33-31-28-24-22-20-18-16-14-12-10-8-6-4-2/h21,23,50,53-56,58,61-63H,3-20,22,24-49H2,1-2H3,(H,64,65)/b23-21-. The molecule has 0 amide bonds. The summed E-state index contributed by atoms with van der Waals surface area (Å²) in [6.45, 7) is 3.88. The number of carboxylic acids is 1. The quantitative estimate of drug-likeness (QED) is 0.0260. The second-order valence-electron chi connectivity index (χ2n) is 20.5. The molecule has 406 valence electrons. The average molecular weight is 981 g/mol. The van der Waals surface area contributed by atoms with Gasteiger partial charge >= 0.3 is 17.9 Å². The van der Waals surface area contributed by atoms with Gasteiger partial charge in [-0.15, -0.1) is 0 Å². The highest BCUT2D eigenvalue weighted by Gasteiger charge is 2.47. The number of allylic oxidation sites excluding steroid dienone is 2. The van der Waals surface area contributed by atoms with E-state index in [1.54, 1.807) is 0 Å². The number of ether oxygens (including phenoxy) is 4. The van der Waals surface area contributed by atoms with Crippen molar-refractivity contribution in [3.63, 3.8) is 0 Å². The number of aliphatic hydroxyl groups is 3. The zero-order valence-corrected chi connectivity index (χ0v) is 44.6. The lowest BCUT2D eigenvalue weighted by molar-refractivity contribution is -0.298. The van der Waals surface area contributed by atoms with Gasteiger partial charge in [-0.1, -0.05) is 251 Å². The highest BCUT2D eigenvalue weighted by Crippen LogP contribution is 2.23. The van der Waals surface area contributed by atoms with Crippen molar-refractivity contribution in [1.29, 1.82) is 0 Å². The van der Waals surface area contributed by atoms with Crippen molar-refractivity contribution in [2.75, 3.05) is 13.2 Å². The Labute approximate surface area is 422 Å². The van der Waals surface area contributed by atoms with Crippen molar-refractivity contribution in [3.05, 3.63) is 12.2 Å². The fourth-order valence-corrected chi connectivity index (χ4v) is 9.29. The van der Waals surface area contributed by atoms with Crippen LogP contribution in [0.2, 0.25) is 0 Å². The molecule has 1 fully saturated rings. The van der Waals surface area contributed by atoms with Crippen LogP contribution < -0.4 is 0 Å². The number of unbranched alkanes of at least 4 members (excludes halogenated alkanes) is 38. The average Bonchev–Trinajstić information content (AvgIpc) is 3.34. The first-order valence-electron chi connectivity index (χ1n) is 29.2. The zero-order valence-electron chi connectivity index (χ0n) is 44.6. The third-order valence-electron chi connectivity index (χ3n) is 13.9. The maximum atomic E-state index is 12.9. The van der Waals surface area contributed by atoms with Crippen molar-refractivity contribution in [2.45, 2.75) is 327 Å². The number of rotatable bonds is 51. The summed E-state index contributed by atoms with van der Waals surface area (Å²) in [6.07, 6.45) is 47.0. The Balaban J connectivity index is 2.22. The second kappa shape index (κ2) is 48.2. The van der Waals surface area contributed by atoms with Crippen molar-refractivity contribution < 1.29 is 53.8 Å². The SMILES string of the molecule is CCCCCCCCCC/C=C\CCCCCCCCCCCCCC(=O)OCC(COC1OC(C(=O)O)C(O)C(O)C1O)OC(=O)CCCCCCCCCCCCCCCCCCCCCC. The number of esters is 2. The summed E-state index contributed by atoms with van der Waals surface area (Å²) in [5.41, 5.74) is 0. The summed E-state index contributed by atoms with van der Waals surface area (Å²) >= 11 is 0. The summed E-state index contributed by atoms with van der Waals surface area (Å²) in [5.74, 6) is -2.42. The van der Waals surface area contributed by atoms with Crippen LogP contribution in [0.4, 0.5) is 0 Å². The van der Waals surface area contributed by atoms with Gasteiger partial charge in [-0.3, -0.25) is 9.59 Å². The monoisotopic (exact) mass is 981 g/mol. The zero-order chi connectivity index (χ0) is 50.3. The number of carbonyl (C=O) groups excluding carboxylic acids is 2. The summed E-state index contributed by atoms with van der Waals surface area (Å²) in [6, 6.07) is 0. The minimum Gasteiger partial charge on any atom is -0.479 e. The Kier molecular flexibility index (Phi) is 45.4. The number of carboxylic acid groups (broad SMARTS) is 1. The van der Waals surface area contributed by atoms with Crippen LogP contribution in [0, 0.1) is 0 Å². The number of carbonyl (C=O) groups is 3. The molecule has 0 aromatic rings. The van der Waals surface area contributed by atoms with Crippen LogP contribution >= 0.6 is 0 Å². The van der Waals surface area contributed by atoms with Gasteiger partial charge in [0, 0.05) is 12.8 Å². The smallest absolute Gasteiger partial charge is 0.335 e. The highest BCUT2D eigenvalue weighted by atomic mass is 16.7. The predicted molar refractivity (Wildman–Crippen MR) is 280 cm³/mol. The van der Waals surface area contributed by atoms with E-state index in [0.29, 0.717) is 12.8 Å². The predicted octanol–water partition coefficient (Wildman–Crippen LogP) is 14.7. The molecule has 11 nitrogen and oxygen atoms in total. The van der Waals surface area contributed by atoms with Gasteiger partial charge in [0.25, 0.3) is 0 Å². The second-order valence-corrected chi connectivity index (χ2v) is 20.5. The fourth-order valence-electron chi connectivity index (χ4n) is 9.29. The molecule has 1 rings (SSSR count). The van der Waals surface area contributed by atoms with Gasteiger partial charge in [0.15, 0.2) is 18.5 Å². The van der Waals surface area contributed by atoms with E-state index >= 15 is 0 Å². The molecule has 0 aliphatic carbocycles. The molecule has 6 unspecified atom stereocenters. The summed E-state index contributed by atoms with van der Waals surface area (Å²) in [7, 11) is 0. The summed E-state index contributed by atoms with van der Waals surface area (Å²) in [5, 5.41) is 40.0. The topological polar surface area (TPSA) is 169 Å². The molecule has 0 radical (unpaired) electrons. The van der Waals surface area contributed by atoms with E-state index < -0.39 is 54.7 Å². The van der Waals surface area contributed by atoms with E-state index in [9.17, 15) is 34.8 Å². The lowest BCUT2D eigenvalue weighted by atomic mass is 9.99. The van der Waals surface area contributed by atoms with Crippen LogP contribution in [-0.4, -0.2) is 88.4 Å². The van der Waals surface area contributed by atoms with Crippen molar-refractivity contribution in [1.82, 2.24) is 0 Å². The molecular formula is C58H108O11. The molecule has 1 saturated heterocycles. The first kappa shape index (κ1) is 65.0. The van der Waals surface area contributed by atoms with E-state index in [-0.39, 0.29) is 26.1 Å². The van der Waals surface area contributed by atoms with Gasteiger partial charge in [0.1, 0.15) is 24.9 Å². The summed E-state index contributed by atoms with van der Waals surface area (Å²) < 4.78 is 21.9. The Morgan fingerprint density at radius 2 is 0.768 bits per heavy atom. The highest BCUT2D eigenvalue weighted by molar-refractivity contribution is 5.73. The van der Waals surface area contributed by atoms with Gasteiger partial charge in [-0.2, -0.15) is 0 Å². The Morgan fingerprint density at radius 1 is 0.435 bits per heavy atom. The third-order valence-corrected chi connectivity index (χ3v) is 13.9. The van der Waals surface area contributed by atoms with Crippen LogP contribution in [0.3, 0.4) is 0 Å². The first-order valence-corrected chi connectivity index (χ1v) is 29.2. The van der Waals surface area contributed by atoms with E-state index in [1.165, 1.54) is 212 Å². The minimum atomic E-state index is -1.86. The Hall–Kier alpha value is -2.05. The van der Waals surface area contributed by atoms with E-state index in [1.807, 2.05) is 0 Å². The molecule has 4 N–H and O–H groups in total. The summed E-state index contributed by atoms with van der Waals surface area (Å²) in [4.78, 5) is 37.1. The first-order chi connectivity index (χ1) is 33.7. The number of hydrogen-bond donors (Lipinski definition) is 4. The molecule has 0 spiro atoms. The van der Waals surface area contributed by atoms with Gasteiger partial charge in [0.05, 0.1) is 6.61 Å². The van der Waals surface area contributed by atoms with Crippen LogP contribution in [0.1, 0.15) is 290 Å². The van der Waals surface area contributed by atoms with Crippen molar-refractivity contribution >= 4 is 17.9 Å². The van der Waals surface area contributed by atoms with Gasteiger partial charge < -0.3 is 39.4 Å². The third kappa shape index (κ3) is 39.2. The number of aliphatic carboxylic acids is 1. The van der Waals surface area contributed by atoms with Crippen molar-refractivity contribution in [2.24, 2.45) is 0 Å². The van der Waals surface area contributed by atoms with E-state index in [4.69, 9.17) is 18.9 Å². The lowest BCUT2D eigenvalue weighted by Gasteiger charge is -2.38. The molecule has 69 heavy (non-hydrogen) atoms.